The van der Waals surface area contributed by atoms with Gasteiger partial charge in [0.15, 0.2) is 0 Å². The van der Waals surface area contributed by atoms with Crippen molar-refractivity contribution in [1.82, 2.24) is 19.0 Å². The third-order valence-electron chi connectivity index (χ3n) is 2.93. The Morgan fingerprint density at radius 3 is 3.05 bits per heavy atom. The molecule has 0 atom stereocenters. The van der Waals surface area contributed by atoms with Gasteiger partial charge in [0.2, 0.25) is 5.91 Å². The van der Waals surface area contributed by atoms with Crippen molar-refractivity contribution in [2.24, 2.45) is 0 Å². The van der Waals surface area contributed by atoms with E-state index < -0.39 is 0 Å². The summed E-state index contributed by atoms with van der Waals surface area (Å²) in [4.78, 5) is 13.6. The summed E-state index contributed by atoms with van der Waals surface area (Å²) in [5.74, 6) is 0.0518. The van der Waals surface area contributed by atoms with Crippen LogP contribution in [-0.4, -0.2) is 39.7 Å². The van der Waals surface area contributed by atoms with Crippen LogP contribution >= 0.6 is 11.7 Å². The van der Waals surface area contributed by atoms with E-state index in [1.54, 1.807) is 6.08 Å². The highest BCUT2D eigenvalue weighted by Crippen LogP contribution is 2.14. The zero-order valence-electron chi connectivity index (χ0n) is 11.5. The van der Waals surface area contributed by atoms with Crippen LogP contribution in [0.1, 0.15) is 12.0 Å². The van der Waals surface area contributed by atoms with Gasteiger partial charge in [-0.15, -0.1) is 6.58 Å². The summed E-state index contributed by atoms with van der Waals surface area (Å²) in [7, 11) is 2.00. The lowest BCUT2D eigenvalue weighted by Crippen LogP contribution is -2.28. The highest BCUT2D eigenvalue weighted by molar-refractivity contribution is 7.00. The van der Waals surface area contributed by atoms with Gasteiger partial charge in [0.25, 0.3) is 0 Å². The maximum absolute atomic E-state index is 11.5. The highest BCUT2D eigenvalue weighted by atomic mass is 32.1. The quantitative estimate of drug-likeness (QED) is 0.790. The molecule has 0 aliphatic heterocycles. The Labute approximate surface area is 122 Å². The minimum Gasteiger partial charge on any atom is -0.353 e. The molecule has 0 saturated carbocycles. The lowest BCUT2D eigenvalue weighted by molar-refractivity contribution is -0.121. The van der Waals surface area contributed by atoms with E-state index in [1.807, 2.05) is 19.2 Å². The molecule has 106 valence electrons. The van der Waals surface area contributed by atoms with Gasteiger partial charge >= 0.3 is 0 Å². The van der Waals surface area contributed by atoms with Crippen LogP contribution in [-0.2, 0) is 11.3 Å². The number of fused-ring (bicyclic) bond motifs is 1. The number of nitrogens with one attached hydrogen (secondary N) is 1. The van der Waals surface area contributed by atoms with Crippen LogP contribution in [0.3, 0.4) is 0 Å². The van der Waals surface area contributed by atoms with Gasteiger partial charge in [-0.2, -0.15) is 8.75 Å². The molecule has 0 aliphatic carbocycles. The monoisotopic (exact) mass is 290 g/mol. The van der Waals surface area contributed by atoms with E-state index in [2.05, 4.69) is 31.6 Å². The molecule has 1 N–H and O–H groups in total. The maximum Gasteiger partial charge on any atom is 0.221 e. The minimum absolute atomic E-state index is 0.0518. The molecule has 0 fully saturated rings. The van der Waals surface area contributed by atoms with Gasteiger partial charge in [0, 0.05) is 26.1 Å². The second-order valence-electron chi connectivity index (χ2n) is 4.67. The first-order chi connectivity index (χ1) is 9.69. The average Bonchev–Trinajstić information content (AvgIpc) is 2.90. The van der Waals surface area contributed by atoms with E-state index in [0.29, 0.717) is 13.0 Å². The molecule has 1 aromatic heterocycles. The van der Waals surface area contributed by atoms with Crippen molar-refractivity contribution in [2.75, 3.05) is 20.1 Å². The lowest BCUT2D eigenvalue weighted by Gasteiger charge is -2.16. The number of nitrogens with zero attached hydrogens (tertiary/aromatic N) is 3. The number of benzene rings is 1. The number of amides is 1. The fourth-order valence-corrected chi connectivity index (χ4v) is 2.40. The Kier molecular flexibility index (Phi) is 5.20. The highest BCUT2D eigenvalue weighted by Gasteiger charge is 2.06. The van der Waals surface area contributed by atoms with Gasteiger partial charge in [-0.1, -0.05) is 12.1 Å². The van der Waals surface area contributed by atoms with Crippen LogP contribution in [0.5, 0.6) is 0 Å². The molecule has 2 aromatic rings. The van der Waals surface area contributed by atoms with Crippen LogP contribution in [0.2, 0.25) is 0 Å². The number of rotatable bonds is 7. The van der Waals surface area contributed by atoms with Crippen LogP contribution in [0.25, 0.3) is 11.0 Å². The molecule has 0 spiro atoms. The van der Waals surface area contributed by atoms with Gasteiger partial charge in [0.05, 0.1) is 11.7 Å². The first-order valence-electron chi connectivity index (χ1n) is 6.46. The standard InChI is InChI=1S/C14H18N4OS/c1-3-7-15-14(19)6-8-18(2)10-11-4-5-12-13(9-11)17-20-16-12/h3-5,9H,1,6-8,10H2,2H3,(H,15,19). The van der Waals surface area contributed by atoms with E-state index in [9.17, 15) is 4.79 Å². The molecule has 0 saturated heterocycles. The minimum atomic E-state index is 0.0518. The SMILES string of the molecule is C=CCNC(=O)CCN(C)Cc1ccc2nsnc2c1. The third-order valence-corrected chi connectivity index (χ3v) is 3.49. The van der Waals surface area contributed by atoms with Gasteiger partial charge in [-0.3, -0.25) is 4.79 Å². The van der Waals surface area contributed by atoms with Crippen molar-refractivity contribution in [2.45, 2.75) is 13.0 Å². The number of carbonyl (C=O) groups is 1. The second kappa shape index (κ2) is 7.12. The van der Waals surface area contributed by atoms with Crippen molar-refractivity contribution >= 4 is 28.7 Å². The smallest absolute Gasteiger partial charge is 0.221 e. The maximum atomic E-state index is 11.5. The molecule has 6 heteroatoms. The number of carbonyl (C=O) groups excluding carboxylic acids is 1. The van der Waals surface area contributed by atoms with Crippen molar-refractivity contribution in [3.63, 3.8) is 0 Å². The van der Waals surface area contributed by atoms with Crippen molar-refractivity contribution in [3.8, 4) is 0 Å². The fraction of sp³-hybridized carbons (Fsp3) is 0.357. The van der Waals surface area contributed by atoms with Gasteiger partial charge < -0.3 is 10.2 Å². The Morgan fingerprint density at radius 1 is 1.45 bits per heavy atom. The predicted octanol–water partition coefficient (Wildman–Crippen LogP) is 1.82. The summed E-state index contributed by atoms with van der Waals surface area (Å²) in [5, 5.41) is 2.77. The molecule has 2 rings (SSSR count). The van der Waals surface area contributed by atoms with E-state index in [-0.39, 0.29) is 5.91 Å². The van der Waals surface area contributed by atoms with E-state index in [0.717, 1.165) is 24.1 Å². The first-order valence-corrected chi connectivity index (χ1v) is 7.19. The average molecular weight is 290 g/mol. The Hall–Kier alpha value is -1.79. The molecule has 0 radical (unpaired) electrons. The normalized spacial score (nSPS) is 10.9. The molecular formula is C14H18N4OS. The topological polar surface area (TPSA) is 58.1 Å². The lowest BCUT2D eigenvalue weighted by atomic mass is 10.2. The van der Waals surface area contributed by atoms with Crippen LogP contribution in [0.4, 0.5) is 0 Å². The van der Waals surface area contributed by atoms with Crippen molar-refractivity contribution in [3.05, 3.63) is 36.4 Å². The Bertz CT molecular complexity index is 596. The van der Waals surface area contributed by atoms with Gasteiger partial charge in [-0.05, 0) is 24.7 Å². The third kappa shape index (κ3) is 4.11. The van der Waals surface area contributed by atoms with Crippen LogP contribution in [0, 0.1) is 0 Å². The zero-order chi connectivity index (χ0) is 14.4. The summed E-state index contributed by atoms with van der Waals surface area (Å²) in [6.45, 7) is 5.61. The molecule has 0 bridgehead atoms. The van der Waals surface area contributed by atoms with E-state index in [1.165, 1.54) is 17.3 Å². The molecule has 0 unspecified atom stereocenters. The van der Waals surface area contributed by atoms with E-state index >= 15 is 0 Å². The van der Waals surface area contributed by atoms with Gasteiger partial charge in [0.1, 0.15) is 11.0 Å². The Balaban J connectivity index is 1.82. The summed E-state index contributed by atoms with van der Waals surface area (Å²) in [6, 6.07) is 6.09. The molecule has 20 heavy (non-hydrogen) atoms. The van der Waals surface area contributed by atoms with Crippen LogP contribution < -0.4 is 5.32 Å². The molecule has 1 heterocycles. The van der Waals surface area contributed by atoms with Crippen molar-refractivity contribution < 1.29 is 4.79 Å². The van der Waals surface area contributed by atoms with Crippen molar-refractivity contribution in [1.29, 1.82) is 0 Å². The molecule has 0 aliphatic rings. The van der Waals surface area contributed by atoms with Crippen LogP contribution in [0.15, 0.2) is 30.9 Å². The Morgan fingerprint density at radius 2 is 2.25 bits per heavy atom. The number of hydrogen-bond acceptors (Lipinski definition) is 5. The summed E-state index contributed by atoms with van der Waals surface area (Å²) < 4.78 is 8.42. The predicted molar refractivity (Wildman–Crippen MR) is 81.6 cm³/mol. The summed E-state index contributed by atoms with van der Waals surface area (Å²) >= 11 is 1.23. The molecule has 5 nitrogen and oxygen atoms in total. The summed E-state index contributed by atoms with van der Waals surface area (Å²) in [5.41, 5.74) is 3.05. The second-order valence-corrected chi connectivity index (χ2v) is 5.20. The van der Waals surface area contributed by atoms with Gasteiger partial charge in [-0.25, -0.2) is 0 Å². The molecule has 1 aromatic carbocycles. The summed E-state index contributed by atoms with van der Waals surface area (Å²) in [6.07, 6.45) is 2.17. The molecular weight excluding hydrogens is 272 g/mol. The zero-order valence-corrected chi connectivity index (χ0v) is 12.3. The molecule has 1 amide bonds. The largest absolute Gasteiger partial charge is 0.353 e. The number of hydrogen-bond donors (Lipinski definition) is 1. The fourth-order valence-electron chi connectivity index (χ4n) is 1.88. The van der Waals surface area contributed by atoms with E-state index in [4.69, 9.17) is 0 Å². The number of aromatic nitrogens is 2. The first kappa shape index (κ1) is 14.6.